The van der Waals surface area contributed by atoms with Crippen molar-refractivity contribution in [3.63, 3.8) is 0 Å². The first-order valence-corrected chi connectivity index (χ1v) is 10.3. The molecule has 1 aromatic heterocycles. The lowest BCUT2D eigenvalue weighted by atomic mass is 9.93. The Bertz CT molecular complexity index is 860. The average molecular weight is 382 g/mol. The van der Waals surface area contributed by atoms with Gasteiger partial charge in [0.2, 0.25) is 0 Å². The third-order valence-corrected chi connectivity index (χ3v) is 5.98. The Morgan fingerprint density at radius 3 is 2.39 bits per heavy atom. The number of benzene rings is 1. The second-order valence-electron chi connectivity index (χ2n) is 9.19. The number of amides is 1. The van der Waals surface area contributed by atoms with Crippen LogP contribution in [0.1, 0.15) is 66.8 Å². The Kier molecular flexibility index (Phi) is 4.82. The van der Waals surface area contributed by atoms with Gasteiger partial charge in [-0.2, -0.15) is 5.10 Å². The molecule has 2 heterocycles. The van der Waals surface area contributed by atoms with Crippen LogP contribution in [0.2, 0.25) is 0 Å². The van der Waals surface area contributed by atoms with Crippen LogP contribution in [0.3, 0.4) is 0 Å². The van der Waals surface area contributed by atoms with E-state index < -0.39 is 0 Å². The molecular formula is C23H31N3O2. The van der Waals surface area contributed by atoms with Gasteiger partial charge in [0.05, 0.1) is 30.0 Å². The Morgan fingerprint density at radius 1 is 1.11 bits per heavy atom. The fourth-order valence-electron chi connectivity index (χ4n) is 4.88. The van der Waals surface area contributed by atoms with Crippen LogP contribution >= 0.6 is 0 Å². The fourth-order valence-corrected chi connectivity index (χ4v) is 4.88. The molecule has 4 rings (SSSR count). The molecular weight excluding hydrogens is 350 g/mol. The summed E-state index contributed by atoms with van der Waals surface area (Å²) in [5.41, 5.74) is 3.64. The lowest BCUT2D eigenvalue weighted by Gasteiger charge is -2.48. The molecule has 0 atom stereocenters. The lowest BCUT2D eigenvalue weighted by Crippen LogP contribution is -2.60. The Morgan fingerprint density at radius 2 is 1.79 bits per heavy atom. The minimum atomic E-state index is -0.298. The predicted molar refractivity (Wildman–Crippen MR) is 110 cm³/mol. The number of aryl methyl sites for hydroxylation is 2. The molecule has 0 N–H and O–H groups in total. The quantitative estimate of drug-likeness (QED) is 0.804. The average Bonchev–Trinajstić information content (AvgIpc) is 3.19. The number of morpholine rings is 1. The first-order valence-electron chi connectivity index (χ1n) is 10.3. The van der Waals surface area contributed by atoms with Gasteiger partial charge in [-0.1, -0.05) is 25.0 Å². The maximum absolute atomic E-state index is 13.2. The molecule has 2 fully saturated rings. The molecule has 1 aliphatic carbocycles. The lowest BCUT2D eigenvalue weighted by molar-refractivity contribution is -0.184. The maximum Gasteiger partial charge on any atom is 0.254 e. The molecule has 1 spiro atoms. The third-order valence-electron chi connectivity index (χ3n) is 5.98. The standard InChI is InChI=1S/C23H31N3O2/c1-17-13-18(2)26(24-17)14-19-7-9-20(10-8-19)21(27)25-15-22(3,4)28-23(16-25)11-5-6-12-23/h7-10,13H,5-6,11-12,14-16H2,1-4H3. The summed E-state index contributed by atoms with van der Waals surface area (Å²) in [6.07, 6.45) is 4.50. The number of hydrogen-bond donors (Lipinski definition) is 0. The van der Waals surface area contributed by atoms with E-state index in [4.69, 9.17) is 4.74 Å². The molecule has 1 saturated carbocycles. The van der Waals surface area contributed by atoms with Gasteiger partial charge in [-0.15, -0.1) is 0 Å². The number of aromatic nitrogens is 2. The minimum Gasteiger partial charge on any atom is -0.365 e. The molecule has 0 radical (unpaired) electrons. The van der Waals surface area contributed by atoms with Crippen LogP contribution in [0.4, 0.5) is 0 Å². The zero-order valence-electron chi connectivity index (χ0n) is 17.5. The summed E-state index contributed by atoms with van der Waals surface area (Å²) in [6.45, 7) is 10.4. The highest BCUT2D eigenvalue weighted by atomic mass is 16.5. The molecule has 1 aliphatic heterocycles. The number of ether oxygens (including phenoxy) is 1. The van der Waals surface area contributed by atoms with E-state index >= 15 is 0 Å². The van der Waals surface area contributed by atoms with Gasteiger partial charge in [0.15, 0.2) is 0 Å². The van der Waals surface area contributed by atoms with Crippen molar-refractivity contribution in [2.24, 2.45) is 0 Å². The summed E-state index contributed by atoms with van der Waals surface area (Å²) in [6, 6.07) is 10.1. The molecule has 5 heteroatoms. The van der Waals surface area contributed by atoms with Gasteiger partial charge >= 0.3 is 0 Å². The highest BCUT2D eigenvalue weighted by Gasteiger charge is 2.47. The fraction of sp³-hybridized carbons (Fsp3) is 0.565. The van der Waals surface area contributed by atoms with Crippen LogP contribution in [0.15, 0.2) is 30.3 Å². The summed E-state index contributed by atoms with van der Waals surface area (Å²) in [7, 11) is 0. The Labute approximate surface area is 167 Å². The van der Waals surface area contributed by atoms with Crippen LogP contribution in [0.5, 0.6) is 0 Å². The second kappa shape index (κ2) is 7.03. The first-order chi connectivity index (χ1) is 13.3. The smallest absolute Gasteiger partial charge is 0.254 e. The largest absolute Gasteiger partial charge is 0.365 e. The van der Waals surface area contributed by atoms with Crippen molar-refractivity contribution in [1.82, 2.24) is 14.7 Å². The van der Waals surface area contributed by atoms with Gasteiger partial charge in [-0.3, -0.25) is 9.48 Å². The molecule has 150 valence electrons. The van der Waals surface area contributed by atoms with Gasteiger partial charge < -0.3 is 9.64 Å². The molecule has 2 aliphatic rings. The molecule has 5 nitrogen and oxygen atoms in total. The molecule has 1 amide bonds. The minimum absolute atomic E-state index is 0.111. The monoisotopic (exact) mass is 381 g/mol. The summed E-state index contributed by atoms with van der Waals surface area (Å²) in [4.78, 5) is 15.2. The number of carbonyl (C=O) groups is 1. The molecule has 0 unspecified atom stereocenters. The van der Waals surface area contributed by atoms with Crippen molar-refractivity contribution in [3.05, 3.63) is 52.8 Å². The zero-order valence-corrected chi connectivity index (χ0v) is 17.5. The first kappa shape index (κ1) is 19.2. The SMILES string of the molecule is Cc1cc(C)n(Cc2ccc(C(=O)N3CC(C)(C)OC4(CCCC4)C3)cc2)n1. The van der Waals surface area contributed by atoms with E-state index in [2.05, 4.69) is 31.9 Å². The summed E-state index contributed by atoms with van der Waals surface area (Å²) >= 11 is 0. The van der Waals surface area contributed by atoms with E-state index in [0.717, 1.165) is 41.9 Å². The van der Waals surface area contributed by atoms with Gasteiger partial charge in [0, 0.05) is 17.8 Å². The molecule has 28 heavy (non-hydrogen) atoms. The summed E-state index contributed by atoms with van der Waals surface area (Å²) in [5.74, 6) is 0.111. The van der Waals surface area contributed by atoms with Crippen molar-refractivity contribution in [2.45, 2.75) is 71.1 Å². The van der Waals surface area contributed by atoms with Gasteiger partial charge in [-0.25, -0.2) is 0 Å². The van der Waals surface area contributed by atoms with Gasteiger partial charge in [-0.05, 0) is 64.3 Å². The zero-order chi connectivity index (χ0) is 19.9. The van der Waals surface area contributed by atoms with Crippen LogP contribution in [-0.4, -0.2) is 44.9 Å². The molecule has 1 aromatic carbocycles. The topological polar surface area (TPSA) is 47.4 Å². The maximum atomic E-state index is 13.2. The molecule has 2 aromatic rings. The summed E-state index contributed by atoms with van der Waals surface area (Å²) < 4.78 is 8.43. The van der Waals surface area contributed by atoms with Crippen molar-refractivity contribution >= 4 is 5.91 Å². The highest BCUT2D eigenvalue weighted by molar-refractivity contribution is 5.94. The van der Waals surface area contributed by atoms with Gasteiger partial charge in [0.25, 0.3) is 5.91 Å². The number of rotatable bonds is 3. The van der Waals surface area contributed by atoms with E-state index in [1.165, 1.54) is 12.8 Å². The summed E-state index contributed by atoms with van der Waals surface area (Å²) in [5, 5.41) is 4.52. The number of hydrogen-bond acceptors (Lipinski definition) is 3. The Balaban J connectivity index is 1.49. The van der Waals surface area contributed by atoms with Crippen molar-refractivity contribution in [3.8, 4) is 0 Å². The van der Waals surface area contributed by atoms with Crippen molar-refractivity contribution in [2.75, 3.05) is 13.1 Å². The van der Waals surface area contributed by atoms with Crippen molar-refractivity contribution in [1.29, 1.82) is 0 Å². The van der Waals surface area contributed by atoms with Crippen LogP contribution < -0.4 is 0 Å². The molecule has 0 bridgehead atoms. The van der Waals surface area contributed by atoms with E-state index in [1.807, 2.05) is 40.8 Å². The normalized spacial score (nSPS) is 20.6. The third kappa shape index (κ3) is 3.86. The van der Waals surface area contributed by atoms with Crippen LogP contribution in [0, 0.1) is 13.8 Å². The van der Waals surface area contributed by atoms with E-state index in [1.54, 1.807) is 0 Å². The van der Waals surface area contributed by atoms with Crippen LogP contribution in [-0.2, 0) is 11.3 Å². The van der Waals surface area contributed by atoms with Gasteiger partial charge in [0.1, 0.15) is 0 Å². The Hall–Kier alpha value is -2.14. The second-order valence-corrected chi connectivity index (χ2v) is 9.19. The van der Waals surface area contributed by atoms with E-state index in [9.17, 15) is 4.79 Å². The van der Waals surface area contributed by atoms with E-state index in [-0.39, 0.29) is 17.1 Å². The van der Waals surface area contributed by atoms with Crippen LogP contribution in [0.25, 0.3) is 0 Å². The highest BCUT2D eigenvalue weighted by Crippen LogP contribution is 2.40. The van der Waals surface area contributed by atoms with E-state index in [0.29, 0.717) is 13.1 Å². The predicted octanol–water partition coefficient (Wildman–Crippen LogP) is 4.11. The van der Waals surface area contributed by atoms with Crippen molar-refractivity contribution < 1.29 is 9.53 Å². The number of carbonyl (C=O) groups excluding carboxylic acids is 1. The number of nitrogens with zero attached hydrogens (tertiary/aromatic N) is 3. The molecule has 1 saturated heterocycles.